The van der Waals surface area contributed by atoms with Gasteiger partial charge in [-0.1, -0.05) is 42.5 Å². The molecule has 0 unspecified atom stereocenters. The number of nitrogens with zero attached hydrogens (tertiary/aromatic N) is 1. The van der Waals surface area contributed by atoms with Crippen LogP contribution in [-0.4, -0.2) is 16.9 Å². The molecule has 0 spiro atoms. The Bertz CT molecular complexity index is 726. The second-order valence-corrected chi connectivity index (χ2v) is 5.62. The van der Waals surface area contributed by atoms with Gasteiger partial charge in [-0.3, -0.25) is 14.9 Å². The van der Waals surface area contributed by atoms with Gasteiger partial charge in [0.1, 0.15) is 0 Å². The third-order valence-electron chi connectivity index (χ3n) is 3.61. The summed E-state index contributed by atoms with van der Waals surface area (Å²) < 4.78 is 0. The second-order valence-electron chi connectivity index (χ2n) is 5.62. The molecule has 1 N–H and O–H groups in total. The van der Waals surface area contributed by atoms with Gasteiger partial charge < -0.3 is 5.32 Å². The van der Waals surface area contributed by atoms with E-state index in [1.54, 1.807) is 18.2 Å². The van der Waals surface area contributed by atoms with Gasteiger partial charge in [0, 0.05) is 24.3 Å². The highest BCUT2D eigenvalue weighted by atomic mass is 16.6. The van der Waals surface area contributed by atoms with Crippen LogP contribution < -0.4 is 5.32 Å². The lowest BCUT2D eigenvalue weighted by molar-refractivity contribution is -0.384. The fraction of sp³-hybridized carbons (Fsp3) is 0.211. The lowest BCUT2D eigenvalue weighted by Gasteiger charge is -2.12. The van der Waals surface area contributed by atoms with Crippen molar-refractivity contribution in [2.24, 2.45) is 0 Å². The van der Waals surface area contributed by atoms with Crippen LogP contribution in [0.3, 0.4) is 0 Å². The molecule has 0 aliphatic rings. The van der Waals surface area contributed by atoms with Crippen molar-refractivity contribution in [2.45, 2.75) is 25.8 Å². The predicted molar refractivity (Wildman–Crippen MR) is 94.5 cm³/mol. The number of nitro benzene ring substituents is 1. The Hall–Kier alpha value is -2.95. The van der Waals surface area contributed by atoms with E-state index in [4.69, 9.17) is 0 Å². The number of benzene rings is 2. The highest BCUT2D eigenvalue weighted by Crippen LogP contribution is 2.14. The van der Waals surface area contributed by atoms with Gasteiger partial charge in [0.2, 0.25) is 5.91 Å². The van der Waals surface area contributed by atoms with E-state index in [-0.39, 0.29) is 17.6 Å². The summed E-state index contributed by atoms with van der Waals surface area (Å²) in [6.45, 7) is 1.96. The summed E-state index contributed by atoms with van der Waals surface area (Å²) in [6.07, 6.45) is 4.72. The fourth-order valence-corrected chi connectivity index (χ4v) is 2.30. The smallest absolute Gasteiger partial charge is 0.270 e. The molecule has 0 saturated carbocycles. The summed E-state index contributed by atoms with van der Waals surface area (Å²) in [5.41, 5.74) is 1.87. The van der Waals surface area contributed by atoms with Crippen LogP contribution in [0.1, 0.15) is 24.5 Å². The van der Waals surface area contributed by atoms with E-state index in [2.05, 4.69) is 17.4 Å². The van der Waals surface area contributed by atoms with Crippen molar-refractivity contribution in [3.8, 4) is 0 Å². The first kappa shape index (κ1) is 17.4. The molecule has 0 aliphatic heterocycles. The molecule has 2 aromatic carbocycles. The van der Waals surface area contributed by atoms with E-state index in [1.165, 1.54) is 23.8 Å². The lowest BCUT2D eigenvalue weighted by atomic mass is 10.1. The Balaban J connectivity index is 1.83. The van der Waals surface area contributed by atoms with E-state index in [1.807, 2.05) is 25.1 Å². The molecule has 0 radical (unpaired) electrons. The van der Waals surface area contributed by atoms with Crippen molar-refractivity contribution in [1.82, 2.24) is 5.32 Å². The highest BCUT2D eigenvalue weighted by Gasteiger charge is 2.06. The first-order valence-corrected chi connectivity index (χ1v) is 7.81. The molecule has 2 aromatic rings. The van der Waals surface area contributed by atoms with E-state index in [9.17, 15) is 14.9 Å². The Morgan fingerprint density at radius 2 is 1.96 bits per heavy atom. The van der Waals surface area contributed by atoms with Gasteiger partial charge in [-0.2, -0.15) is 0 Å². The Kier molecular flexibility index (Phi) is 6.25. The average Bonchev–Trinajstić information content (AvgIpc) is 2.59. The molecule has 2 rings (SSSR count). The number of nitrogens with one attached hydrogen (secondary N) is 1. The van der Waals surface area contributed by atoms with Crippen LogP contribution in [0.25, 0.3) is 6.08 Å². The molecule has 0 aliphatic carbocycles. The maximum atomic E-state index is 11.9. The fourth-order valence-electron chi connectivity index (χ4n) is 2.30. The summed E-state index contributed by atoms with van der Waals surface area (Å²) in [5.74, 6) is -0.206. The standard InChI is InChI=1S/C19H20N2O3/c1-15(10-11-16-6-3-2-4-7-16)20-19(22)13-12-17-8-5-9-18(14-17)21(23)24/h2-9,12-15H,10-11H2,1H3,(H,20,22)/b13-12+/t15-/m1/s1. The van der Waals surface area contributed by atoms with Crippen LogP contribution in [0.15, 0.2) is 60.7 Å². The van der Waals surface area contributed by atoms with Gasteiger partial charge in [-0.15, -0.1) is 0 Å². The van der Waals surface area contributed by atoms with Crippen LogP contribution in [0, 0.1) is 10.1 Å². The maximum absolute atomic E-state index is 11.9. The molecule has 0 aromatic heterocycles. The molecule has 0 bridgehead atoms. The molecule has 5 heteroatoms. The Morgan fingerprint density at radius 3 is 2.67 bits per heavy atom. The van der Waals surface area contributed by atoms with Gasteiger partial charge in [-0.05, 0) is 37.0 Å². The number of carbonyl (C=O) groups is 1. The first-order valence-electron chi connectivity index (χ1n) is 7.81. The minimum Gasteiger partial charge on any atom is -0.350 e. The van der Waals surface area contributed by atoms with Crippen LogP contribution in [0.2, 0.25) is 0 Å². The summed E-state index contributed by atoms with van der Waals surface area (Å²) in [7, 11) is 0. The largest absolute Gasteiger partial charge is 0.350 e. The maximum Gasteiger partial charge on any atom is 0.270 e. The summed E-state index contributed by atoms with van der Waals surface area (Å²) in [5, 5.41) is 13.6. The molecule has 1 amide bonds. The second kappa shape index (κ2) is 8.62. The molecule has 0 saturated heterocycles. The van der Waals surface area contributed by atoms with E-state index >= 15 is 0 Å². The third-order valence-corrected chi connectivity index (χ3v) is 3.61. The zero-order valence-corrected chi connectivity index (χ0v) is 13.5. The van der Waals surface area contributed by atoms with Gasteiger partial charge in [0.15, 0.2) is 0 Å². The lowest BCUT2D eigenvalue weighted by Crippen LogP contribution is -2.31. The number of hydrogen-bond acceptors (Lipinski definition) is 3. The number of hydrogen-bond donors (Lipinski definition) is 1. The van der Waals surface area contributed by atoms with Crippen molar-refractivity contribution in [3.05, 3.63) is 81.9 Å². The van der Waals surface area contributed by atoms with Gasteiger partial charge in [0.25, 0.3) is 5.69 Å². The number of amides is 1. The van der Waals surface area contributed by atoms with Crippen LogP contribution in [0.4, 0.5) is 5.69 Å². The normalized spacial score (nSPS) is 12.0. The SMILES string of the molecule is C[C@H](CCc1ccccc1)NC(=O)/C=C/c1cccc([N+](=O)[O-])c1. The van der Waals surface area contributed by atoms with Crippen molar-refractivity contribution < 1.29 is 9.72 Å². The highest BCUT2D eigenvalue weighted by molar-refractivity contribution is 5.91. The molecular formula is C19H20N2O3. The average molecular weight is 324 g/mol. The van der Waals surface area contributed by atoms with Gasteiger partial charge in [0.05, 0.1) is 4.92 Å². The Labute approximate surface area is 141 Å². The van der Waals surface area contributed by atoms with Crippen LogP contribution >= 0.6 is 0 Å². The molecule has 0 heterocycles. The van der Waals surface area contributed by atoms with E-state index in [0.717, 1.165) is 12.8 Å². The van der Waals surface area contributed by atoms with E-state index < -0.39 is 4.92 Å². The topological polar surface area (TPSA) is 72.2 Å². The zero-order valence-electron chi connectivity index (χ0n) is 13.5. The van der Waals surface area contributed by atoms with Crippen LogP contribution in [0.5, 0.6) is 0 Å². The number of carbonyl (C=O) groups excluding carboxylic acids is 1. The molecule has 24 heavy (non-hydrogen) atoms. The third kappa shape index (κ3) is 5.68. The molecule has 5 nitrogen and oxygen atoms in total. The predicted octanol–water partition coefficient (Wildman–Crippen LogP) is 3.75. The number of rotatable bonds is 7. The minimum absolute atomic E-state index is 0.00814. The molecule has 1 atom stereocenters. The van der Waals surface area contributed by atoms with Crippen molar-refractivity contribution in [1.29, 1.82) is 0 Å². The minimum atomic E-state index is -0.455. The van der Waals surface area contributed by atoms with Crippen molar-refractivity contribution >= 4 is 17.7 Å². The summed E-state index contributed by atoms with van der Waals surface area (Å²) in [4.78, 5) is 22.2. The number of non-ortho nitro benzene ring substituents is 1. The Morgan fingerprint density at radius 1 is 1.21 bits per heavy atom. The molecular weight excluding hydrogens is 304 g/mol. The van der Waals surface area contributed by atoms with Crippen molar-refractivity contribution in [2.75, 3.05) is 0 Å². The number of aryl methyl sites for hydroxylation is 1. The van der Waals surface area contributed by atoms with Crippen molar-refractivity contribution in [3.63, 3.8) is 0 Å². The zero-order chi connectivity index (χ0) is 17.4. The monoisotopic (exact) mass is 324 g/mol. The first-order chi connectivity index (χ1) is 11.5. The van der Waals surface area contributed by atoms with Gasteiger partial charge in [-0.25, -0.2) is 0 Å². The van der Waals surface area contributed by atoms with E-state index in [0.29, 0.717) is 5.56 Å². The van der Waals surface area contributed by atoms with Gasteiger partial charge >= 0.3 is 0 Å². The summed E-state index contributed by atoms with van der Waals surface area (Å²) >= 11 is 0. The quantitative estimate of drug-likeness (QED) is 0.479. The molecule has 124 valence electrons. The molecule has 0 fully saturated rings. The number of nitro groups is 1. The van der Waals surface area contributed by atoms with Crippen LogP contribution in [-0.2, 0) is 11.2 Å². The summed E-state index contributed by atoms with van der Waals surface area (Å²) in [6, 6.07) is 16.3.